The lowest BCUT2D eigenvalue weighted by Gasteiger charge is -2.31. The molecule has 1 atom stereocenters. The summed E-state index contributed by atoms with van der Waals surface area (Å²) in [6.45, 7) is 4.15. The second-order valence-electron chi connectivity index (χ2n) is 7.84. The number of aromatic nitrogens is 2. The molecule has 1 aromatic heterocycles. The first-order valence-electron chi connectivity index (χ1n) is 10.9. The van der Waals surface area contributed by atoms with Crippen molar-refractivity contribution in [1.29, 1.82) is 0 Å². The first-order valence-corrected chi connectivity index (χ1v) is 11.8. The van der Waals surface area contributed by atoms with Crippen molar-refractivity contribution in [3.05, 3.63) is 30.0 Å². The summed E-state index contributed by atoms with van der Waals surface area (Å²) >= 11 is 1.74. The molecule has 8 nitrogen and oxygen atoms in total. The van der Waals surface area contributed by atoms with Gasteiger partial charge in [0.2, 0.25) is 5.95 Å². The zero-order chi connectivity index (χ0) is 22.5. The van der Waals surface area contributed by atoms with Crippen LogP contribution in [0, 0.1) is 11.8 Å². The van der Waals surface area contributed by atoms with Gasteiger partial charge in [-0.25, -0.2) is 0 Å². The lowest BCUT2D eigenvalue weighted by atomic mass is 10.1. The van der Waals surface area contributed by atoms with Crippen LogP contribution >= 0.6 is 11.8 Å². The fourth-order valence-electron chi connectivity index (χ4n) is 3.98. The van der Waals surface area contributed by atoms with Crippen LogP contribution in [0.3, 0.4) is 0 Å². The number of benzene rings is 1. The third kappa shape index (κ3) is 4.76. The molecule has 1 fully saturated rings. The first kappa shape index (κ1) is 22.2. The van der Waals surface area contributed by atoms with Gasteiger partial charge in [0, 0.05) is 42.5 Å². The number of rotatable bonds is 6. The highest BCUT2D eigenvalue weighted by molar-refractivity contribution is 8.00. The van der Waals surface area contributed by atoms with Gasteiger partial charge in [-0.3, -0.25) is 14.4 Å². The van der Waals surface area contributed by atoms with E-state index >= 15 is 0 Å². The smallest absolute Gasteiger partial charge is 0.272 e. The van der Waals surface area contributed by atoms with E-state index in [2.05, 4.69) is 33.4 Å². The minimum Gasteiger partial charge on any atom is -0.371 e. The number of hydrogen-bond acceptors (Lipinski definition) is 7. The molecule has 4 rings (SSSR count). The number of amides is 1. The molecule has 1 unspecified atom stereocenters. The minimum atomic E-state index is -0.195. The molecule has 0 aliphatic carbocycles. The molecule has 1 aromatic carbocycles. The summed E-state index contributed by atoms with van der Waals surface area (Å²) in [6, 6.07) is 8.16. The van der Waals surface area contributed by atoms with E-state index in [9.17, 15) is 4.79 Å². The topological polar surface area (TPSA) is 101 Å². The minimum absolute atomic E-state index is 0.103. The number of fused-ring (bicyclic) bond motifs is 1. The van der Waals surface area contributed by atoms with Gasteiger partial charge in [0.05, 0.1) is 18.8 Å². The summed E-state index contributed by atoms with van der Waals surface area (Å²) in [7, 11) is 1.78. The number of carbonyl (C=O) groups is 1. The van der Waals surface area contributed by atoms with Gasteiger partial charge in [-0.15, -0.1) is 17.7 Å². The molecule has 2 aliphatic heterocycles. The molecule has 2 aromatic rings. The molecule has 32 heavy (non-hydrogen) atoms. The molecular weight excluding hydrogens is 422 g/mol. The van der Waals surface area contributed by atoms with Crippen molar-refractivity contribution in [2.24, 2.45) is 10.7 Å². The Hall–Kier alpha value is -2.96. The summed E-state index contributed by atoms with van der Waals surface area (Å²) in [6.07, 6.45) is 2.00. The van der Waals surface area contributed by atoms with Crippen molar-refractivity contribution >= 4 is 40.8 Å². The van der Waals surface area contributed by atoms with Gasteiger partial charge in [0.25, 0.3) is 5.91 Å². The van der Waals surface area contributed by atoms with Gasteiger partial charge in [-0.1, -0.05) is 18.1 Å². The molecule has 168 valence electrons. The van der Waals surface area contributed by atoms with Crippen molar-refractivity contribution in [3.63, 3.8) is 0 Å². The molecule has 3 heterocycles. The van der Waals surface area contributed by atoms with Gasteiger partial charge < -0.3 is 21.3 Å². The number of nitrogens with two attached hydrogens (primary N) is 1. The summed E-state index contributed by atoms with van der Waals surface area (Å²) in [5, 5.41) is 6.12. The van der Waals surface area contributed by atoms with Crippen LogP contribution in [0.15, 0.2) is 34.2 Å². The predicted octanol–water partition coefficient (Wildman–Crippen LogP) is 2.48. The molecule has 0 radical (unpaired) electrons. The van der Waals surface area contributed by atoms with Crippen molar-refractivity contribution in [2.75, 3.05) is 42.7 Å². The molecule has 1 amide bonds. The lowest BCUT2D eigenvalue weighted by Crippen LogP contribution is -2.44. The summed E-state index contributed by atoms with van der Waals surface area (Å²) in [5.74, 6) is 7.85. The summed E-state index contributed by atoms with van der Waals surface area (Å²) in [4.78, 5) is 26.1. The number of piperidine rings is 1. The van der Waals surface area contributed by atoms with E-state index in [1.54, 1.807) is 25.7 Å². The highest BCUT2D eigenvalue weighted by Gasteiger charge is 2.28. The normalized spacial score (nSPS) is 17.7. The Kier molecular flexibility index (Phi) is 7.02. The maximum absolute atomic E-state index is 13.3. The van der Waals surface area contributed by atoms with Crippen LogP contribution in [0.5, 0.6) is 0 Å². The van der Waals surface area contributed by atoms with Crippen LogP contribution in [0.2, 0.25) is 0 Å². The average molecular weight is 452 g/mol. The van der Waals surface area contributed by atoms with Crippen LogP contribution < -0.4 is 21.3 Å². The Morgan fingerprint density at radius 3 is 3.00 bits per heavy atom. The number of imidazole rings is 1. The second kappa shape index (κ2) is 10.1. The molecule has 0 spiro atoms. The third-order valence-corrected chi connectivity index (χ3v) is 6.68. The number of nitrogens with one attached hydrogen (secondary N) is 2. The fraction of sp³-hybridized carbons (Fsp3) is 0.435. The SMILES string of the molecule is CC#CCn1c(N2CCCC(N)C2)nc(NC)c1C(=O)NCC1=Nc2ccccc2SC1. The fourth-order valence-corrected chi connectivity index (χ4v) is 4.90. The van der Waals surface area contributed by atoms with Crippen molar-refractivity contribution in [1.82, 2.24) is 14.9 Å². The lowest BCUT2D eigenvalue weighted by molar-refractivity contribution is 0.0951. The Morgan fingerprint density at radius 1 is 1.38 bits per heavy atom. The van der Waals surface area contributed by atoms with Crippen LogP contribution in [0.25, 0.3) is 0 Å². The van der Waals surface area contributed by atoms with E-state index in [0.717, 1.165) is 42.5 Å². The monoisotopic (exact) mass is 451 g/mol. The summed E-state index contributed by atoms with van der Waals surface area (Å²) < 4.78 is 1.89. The Balaban J connectivity index is 1.58. The Bertz CT molecular complexity index is 1080. The highest BCUT2D eigenvalue weighted by Crippen LogP contribution is 2.33. The van der Waals surface area contributed by atoms with Crippen LogP contribution in [-0.2, 0) is 6.54 Å². The molecule has 0 bridgehead atoms. The number of aliphatic imine (C=N–C) groups is 1. The van der Waals surface area contributed by atoms with E-state index in [1.807, 2.05) is 22.8 Å². The van der Waals surface area contributed by atoms with Crippen LogP contribution in [0.4, 0.5) is 17.5 Å². The molecule has 1 saturated heterocycles. The Morgan fingerprint density at radius 2 is 2.22 bits per heavy atom. The van der Waals surface area contributed by atoms with Crippen LogP contribution in [0.1, 0.15) is 30.3 Å². The quantitative estimate of drug-likeness (QED) is 0.584. The first-order chi connectivity index (χ1) is 15.6. The van der Waals surface area contributed by atoms with Gasteiger partial charge >= 0.3 is 0 Å². The second-order valence-corrected chi connectivity index (χ2v) is 8.85. The van der Waals surface area contributed by atoms with Crippen molar-refractivity contribution in [2.45, 2.75) is 37.2 Å². The number of carbonyl (C=O) groups excluding carboxylic acids is 1. The zero-order valence-electron chi connectivity index (χ0n) is 18.5. The summed E-state index contributed by atoms with van der Waals surface area (Å²) in [5.41, 5.74) is 8.57. The maximum Gasteiger partial charge on any atom is 0.272 e. The molecule has 0 saturated carbocycles. The molecule has 9 heteroatoms. The van der Waals surface area contributed by atoms with Gasteiger partial charge in [-0.05, 0) is 31.9 Å². The van der Waals surface area contributed by atoms with Crippen LogP contribution in [-0.4, -0.2) is 59.6 Å². The molecule has 4 N–H and O–H groups in total. The number of para-hydroxylation sites is 1. The van der Waals surface area contributed by atoms with Crippen molar-refractivity contribution in [3.8, 4) is 11.8 Å². The molecular formula is C23H29N7OS. The van der Waals surface area contributed by atoms with E-state index in [-0.39, 0.29) is 11.9 Å². The van der Waals surface area contributed by atoms with E-state index in [0.29, 0.717) is 31.1 Å². The maximum atomic E-state index is 13.3. The predicted molar refractivity (Wildman–Crippen MR) is 131 cm³/mol. The van der Waals surface area contributed by atoms with Crippen molar-refractivity contribution < 1.29 is 4.79 Å². The van der Waals surface area contributed by atoms with Gasteiger partial charge in [0.15, 0.2) is 11.5 Å². The number of thioether (sulfide) groups is 1. The molecule has 2 aliphatic rings. The van der Waals surface area contributed by atoms with Gasteiger partial charge in [0.1, 0.15) is 0 Å². The number of nitrogens with zero attached hydrogens (tertiary/aromatic N) is 4. The number of hydrogen-bond donors (Lipinski definition) is 3. The highest BCUT2D eigenvalue weighted by atomic mass is 32.2. The standard InChI is InChI=1S/C23H29N7OS/c1-3-4-12-30-20(21(25-2)28-23(30)29-11-7-8-16(24)14-29)22(31)26-13-17-15-32-19-10-6-5-9-18(19)27-17/h5-6,9-10,16,25H,7-8,11-15,24H2,1-2H3,(H,26,31). The van der Waals surface area contributed by atoms with Gasteiger partial charge in [-0.2, -0.15) is 4.98 Å². The van der Waals surface area contributed by atoms with E-state index < -0.39 is 0 Å². The largest absolute Gasteiger partial charge is 0.371 e. The zero-order valence-corrected chi connectivity index (χ0v) is 19.3. The Labute approximate surface area is 193 Å². The van der Waals surface area contributed by atoms with E-state index in [4.69, 9.17) is 15.7 Å². The third-order valence-electron chi connectivity index (χ3n) is 5.55. The average Bonchev–Trinajstić information content (AvgIpc) is 3.19. The van der Waals surface area contributed by atoms with E-state index in [1.165, 1.54) is 4.90 Å². The number of anilines is 2.